The smallest absolute Gasteiger partial charge is 0.303 e. The van der Waals surface area contributed by atoms with Gasteiger partial charge >= 0.3 is 5.97 Å². The second kappa shape index (κ2) is 3.73. The van der Waals surface area contributed by atoms with Gasteiger partial charge in [-0.3, -0.25) is 4.79 Å². The highest BCUT2D eigenvalue weighted by molar-refractivity contribution is 5.67. The van der Waals surface area contributed by atoms with Crippen molar-refractivity contribution in [2.45, 2.75) is 19.8 Å². The van der Waals surface area contributed by atoms with Crippen LogP contribution in [-0.2, 0) is 11.2 Å². The van der Waals surface area contributed by atoms with Crippen LogP contribution in [0.2, 0.25) is 0 Å². The fraction of sp³-hybridized carbons (Fsp3) is 0.273. The van der Waals surface area contributed by atoms with Gasteiger partial charge in [-0.2, -0.15) is 0 Å². The lowest BCUT2D eigenvalue weighted by molar-refractivity contribution is -0.136. The van der Waals surface area contributed by atoms with Gasteiger partial charge in [0.25, 0.3) is 0 Å². The molecule has 78 valence electrons. The number of aryl methyl sites for hydroxylation is 2. The fourth-order valence-corrected chi connectivity index (χ4v) is 1.59. The van der Waals surface area contributed by atoms with Crippen LogP contribution in [0, 0.1) is 6.92 Å². The van der Waals surface area contributed by atoms with Crippen LogP contribution in [0.3, 0.4) is 0 Å². The second-order valence-corrected chi connectivity index (χ2v) is 3.58. The summed E-state index contributed by atoms with van der Waals surface area (Å²) < 4.78 is 1.92. The minimum absolute atomic E-state index is 0.126. The molecule has 0 atom stereocenters. The van der Waals surface area contributed by atoms with Crippen LogP contribution in [0.4, 0.5) is 0 Å². The van der Waals surface area contributed by atoms with E-state index in [9.17, 15) is 4.79 Å². The lowest BCUT2D eigenvalue weighted by Crippen LogP contribution is -1.98. The van der Waals surface area contributed by atoms with Crippen LogP contribution < -0.4 is 0 Å². The van der Waals surface area contributed by atoms with Crippen molar-refractivity contribution in [1.82, 2.24) is 9.38 Å². The number of carboxylic acids is 1. The van der Waals surface area contributed by atoms with Gasteiger partial charge in [0.05, 0.1) is 24.0 Å². The third kappa shape index (κ3) is 1.98. The average molecular weight is 204 g/mol. The lowest BCUT2D eigenvalue weighted by Gasteiger charge is -1.98. The number of nitrogens with zero attached hydrogens (tertiary/aromatic N) is 2. The van der Waals surface area contributed by atoms with E-state index in [-0.39, 0.29) is 6.42 Å². The number of hydrogen-bond donors (Lipinski definition) is 1. The normalized spacial score (nSPS) is 10.7. The highest BCUT2D eigenvalue weighted by atomic mass is 16.4. The molecule has 2 heterocycles. The molecule has 15 heavy (non-hydrogen) atoms. The largest absolute Gasteiger partial charge is 0.481 e. The van der Waals surface area contributed by atoms with E-state index in [1.165, 1.54) is 0 Å². The predicted molar refractivity (Wildman–Crippen MR) is 55.9 cm³/mol. The van der Waals surface area contributed by atoms with Crippen molar-refractivity contribution >= 4 is 11.5 Å². The highest BCUT2D eigenvalue weighted by Gasteiger charge is 2.06. The minimum atomic E-state index is -0.789. The Balaban J connectivity index is 2.32. The number of carbonyl (C=O) groups is 1. The molecule has 4 heteroatoms. The third-order valence-electron chi connectivity index (χ3n) is 2.33. The molecule has 2 aromatic rings. The molecule has 0 unspecified atom stereocenters. The van der Waals surface area contributed by atoms with Crippen molar-refractivity contribution in [3.8, 4) is 0 Å². The molecule has 0 saturated heterocycles. The van der Waals surface area contributed by atoms with Crippen LogP contribution in [0.15, 0.2) is 24.7 Å². The topological polar surface area (TPSA) is 54.6 Å². The standard InChI is InChI=1S/C11H12N2O2/c1-8-2-4-10-9(3-5-11(14)15)12-7-13(10)6-8/h2,4,6-7H,3,5H2,1H3,(H,14,15). The Kier molecular flexibility index (Phi) is 2.41. The molecule has 0 aromatic carbocycles. The first-order chi connectivity index (χ1) is 7.16. The summed E-state index contributed by atoms with van der Waals surface area (Å²) in [6.07, 6.45) is 4.31. The first-order valence-corrected chi connectivity index (χ1v) is 4.81. The van der Waals surface area contributed by atoms with E-state index in [4.69, 9.17) is 5.11 Å². The number of hydrogen-bond acceptors (Lipinski definition) is 2. The van der Waals surface area contributed by atoms with Gasteiger partial charge in [-0.1, -0.05) is 6.07 Å². The first kappa shape index (κ1) is 9.71. The van der Waals surface area contributed by atoms with Crippen LogP contribution in [-0.4, -0.2) is 20.5 Å². The van der Waals surface area contributed by atoms with Gasteiger partial charge in [0.1, 0.15) is 0 Å². The number of fused-ring (bicyclic) bond motifs is 1. The maximum Gasteiger partial charge on any atom is 0.303 e. The maximum atomic E-state index is 10.5. The number of pyridine rings is 1. The summed E-state index contributed by atoms with van der Waals surface area (Å²) in [5.41, 5.74) is 2.99. The number of imidazole rings is 1. The van der Waals surface area contributed by atoms with Gasteiger partial charge in [0, 0.05) is 12.6 Å². The van der Waals surface area contributed by atoms with Crippen molar-refractivity contribution in [2.75, 3.05) is 0 Å². The minimum Gasteiger partial charge on any atom is -0.481 e. The summed E-state index contributed by atoms with van der Waals surface area (Å²) in [5, 5.41) is 8.59. The van der Waals surface area contributed by atoms with Crippen molar-refractivity contribution in [2.24, 2.45) is 0 Å². The third-order valence-corrected chi connectivity index (χ3v) is 2.33. The summed E-state index contributed by atoms with van der Waals surface area (Å²) in [6.45, 7) is 2.01. The zero-order chi connectivity index (χ0) is 10.8. The van der Waals surface area contributed by atoms with E-state index >= 15 is 0 Å². The van der Waals surface area contributed by atoms with Crippen LogP contribution in [0.25, 0.3) is 5.52 Å². The lowest BCUT2D eigenvalue weighted by atomic mass is 10.2. The molecule has 2 aromatic heterocycles. The van der Waals surface area contributed by atoms with Gasteiger partial charge in [0.15, 0.2) is 0 Å². The van der Waals surface area contributed by atoms with E-state index in [1.54, 1.807) is 6.33 Å². The molecule has 0 aliphatic carbocycles. The van der Waals surface area contributed by atoms with Crippen LogP contribution in [0.1, 0.15) is 17.7 Å². The van der Waals surface area contributed by atoms with Crippen molar-refractivity contribution in [3.05, 3.63) is 35.9 Å². The monoisotopic (exact) mass is 204 g/mol. The number of rotatable bonds is 3. The molecule has 2 rings (SSSR count). The van der Waals surface area contributed by atoms with E-state index in [0.29, 0.717) is 6.42 Å². The van der Waals surface area contributed by atoms with Crippen molar-refractivity contribution in [3.63, 3.8) is 0 Å². The van der Waals surface area contributed by atoms with Crippen LogP contribution >= 0.6 is 0 Å². The molecule has 0 spiro atoms. The molecule has 0 radical (unpaired) electrons. The molecular weight excluding hydrogens is 192 g/mol. The molecule has 0 bridgehead atoms. The molecule has 0 fully saturated rings. The Hall–Kier alpha value is -1.84. The molecule has 0 saturated carbocycles. The fourth-order valence-electron chi connectivity index (χ4n) is 1.59. The Morgan fingerprint density at radius 3 is 3.07 bits per heavy atom. The van der Waals surface area contributed by atoms with E-state index < -0.39 is 5.97 Å². The van der Waals surface area contributed by atoms with Gasteiger partial charge in [-0.15, -0.1) is 0 Å². The molecule has 0 aliphatic rings. The number of aliphatic carboxylic acids is 1. The zero-order valence-corrected chi connectivity index (χ0v) is 8.47. The summed E-state index contributed by atoms with van der Waals surface area (Å²) >= 11 is 0. The summed E-state index contributed by atoms with van der Waals surface area (Å²) in [4.78, 5) is 14.7. The summed E-state index contributed by atoms with van der Waals surface area (Å²) in [5.74, 6) is -0.789. The van der Waals surface area contributed by atoms with Gasteiger partial charge in [0.2, 0.25) is 0 Å². The van der Waals surface area contributed by atoms with Crippen molar-refractivity contribution in [1.29, 1.82) is 0 Å². The maximum absolute atomic E-state index is 10.5. The van der Waals surface area contributed by atoms with Gasteiger partial charge < -0.3 is 9.51 Å². The Morgan fingerprint density at radius 1 is 1.53 bits per heavy atom. The van der Waals surface area contributed by atoms with Gasteiger partial charge in [-0.05, 0) is 18.6 Å². The Morgan fingerprint density at radius 2 is 2.33 bits per heavy atom. The predicted octanol–water partition coefficient (Wildman–Crippen LogP) is 1.66. The quantitative estimate of drug-likeness (QED) is 0.827. The molecule has 0 amide bonds. The SMILES string of the molecule is Cc1ccc2c(CCC(=O)O)ncn2c1. The average Bonchev–Trinajstić information content (AvgIpc) is 2.57. The van der Waals surface area contributed by atoms with E-state index in [1.807, 2.05) is 29.7 Å². The van der Waals surface area contributed by atoms with Crippen LogP contribution in [0.5, 0.6) is 0 Å². The number of aromatic nitrogens is 2. The van der Waals surface area contributed by atoms with E-state index in [2.05, 4.69) is 4.98 Å². The second-order valence-electron chi connectivity index (χ2n) is 3.58. The van der Waals surface area contributed by atoms with Crippen molar-refractivity contribution < 1.29 is 9.90 Å². The molecular formula is C11H12N2O2. The number of carboxylic acid groups (broad SMARTS) is 1. The highest BCUT2D eigenvalue weighted by Crippen LogP contribution is 2.12. The first-order valence-electron chi connectivity index (χ1n) is 4.81. The van der Waals surface area contributed by atoms with E-state index in [0.717, 1.165) is 16.8 Å². The Labute approximate surface area is 87.2 Å². The Bertz CT molecular complexity index is 502. The zero-order valence-electron chi connectivity index (χ0n) is 8.47. The summed E-state index contributed by atoms with van der Waals surface area (Å²) in [6, 6.07) is 3.97. The molecule has 0 aliphatic heterocycles. The molecule has 1 N–H and O–H groups in total. The summed E-state index contributed by atoms with van der Waals surface area (Å²) in [7, 11) is 0. The van der Waals surface area contributed by atoms with Gasteiger partial charge in [-0.25, -0.2) is 4.98 Å². The molecule has 4 nitrogen and oxygen atoms in total.